The average Bonchev–Trinajstić information content (AvgIpc) is 2.84. The van der Waals surface area contributed by atoms with Crippen LogP contribution in [0.5, 0.6) is 0 Å². The Labute approximate surface area is 129 Å². The quantitative estimate of drug-likeness (QED) is 0.639. The standard InChI is InChI=1S/C15H8Cl2F2N2/c16-9-1-4-11(5-2-9)21-8-20-15(17)14(21)12-7-10(18)3-6-13(12)19/h1-8H. The minimum absolute atomic E-state index is 0.0486. The molecule has 0 saturated heterocycles. The zero-order valence-electron chi connectivity index (χ0n) is 10.5. The molecule has 0 saturated carbocycles. The van der Waals surface area contributed by atoms with Crippen molar-refractivity contribution >= 4 is 23.2 Å². The van der Waals surface area contributed by atoms with E-state index in [2.05, 4.69) is 4.98 Å². The first-order chi connectivity index (χ1) is 10.1. The molecule has 0 N–H and O–H groups in total. The molecule has 0 atom stereocenters. The summed E-state index contributed by atoms with van der Waals surface area (Å²) in [6.45, 7) is 0. The van der Waals surface area contributed by atoms with Gasteiger partial charge < -0.3 is 0 Å². The normalized spacial score (nSPS) is 10.9. The van der Waals surface area contributed by atoms with Crippen LogP contribution in [-0.4, -0.2) is 9.55 Å². The SMILES string of the molecule is Fc1ccc(F)c(-c2c(Cl)ncn2-c2ccc(Cl)cc2)c1. The van der Waals surface area contributed by atoms with Crippen molar-refractivity contribution < 1.29 is 8.78 Å². The third-order valence-electron chi connectivity index (χ3n) is 3.01. The average molecular weight is 325 g/mol. The van der Waals surface area contributed by atoms with E-state index in [1.807, 2.05) is 0 Å². The highest BCUT2D eigenvalue weighted by molar-refractivity contribution is 6.32. The Bertz CT molecular complexity index is 798. The van der Waals surface area contributed by atoms with Crippen molar-refractivity contribution in [2.24, 2.45) is 0 Å². The zero-order valence-corrected chi connectivity index (χ0v) is 12.0. The molecule has 3 aromatic rings. The molecule has 6 heteroatoms. The Kier molecular flexibility index (Phi) is 3.66. The van der Waals surface area contributed by atoms with E-state index in [9.17, 15) is 8.78 Å². The van der Waals surface area contributed by atoms with E-state index in [1.165, 1.54) is 6.33 Å². The van der Waals surface area contributed by atoms with Crippen molar-refractivity contribution in [1.29, 1.82) is 0 Å². The van der Waals surface area contributed by atoms with Crippen molar-refractivity contribution in [2.75, 3.05) is 0 Å². The molecule has 0 bridgehead atoms. The molecular weight excluding hydrogens is 317 g/mol. The van der Waals surface area contributed by atoms with Crippen molar-refractivity contribution in [3.63, 3.8) is 0 Å². The first kappa shape index (κ1) is 14.0. The molecule has 0 amide bonds. The molecule has 2 nitrogen and oxygen atoms in total. The predicted molar refractivity (Wildman–Crippen MR) is 78.9 cm³/mol. The summed E-state index contributed by atoms with van der Waals surface area (Å²) >= 11 is 11.9. The molecular formula is C15H8Cl2F2N2. The molecule has 2 aromatic carbocycles. The minimum Gasteiger partial charge on any atom is -0.297 e. The topological polar surface area (TPSA) is 17.8 Å². The molecule has 106 valence electrons. The van der Waals surface area contributed by atoms with Crippen LogP contribution in [-0.2, 0) is 0 Å². The van der Waals surface area contributed by atoms with Crippen LogP contribution < -0.4 is 0 Å². The van der Waals surface area contributed by atoms with Gasteiger partial charge in [0.25, 0.3) is 0 Å². The van der Waals surface area contributed by atoms with Crippen molar-refractivity contribution in [3.05, 3.63) is 70.6 Å². The second-order valence-electron chi connectivity index (χ2n) is 4.35. The van der Waals surface area contributed by atoms with Gasteiger partial charge in [-0.05, 0) is 42.5 Å². The van der Waals surface area contributed by atoms with E-state index < -0.39 is 11.6 Å². The van der Waals surface area contributed by atoms with Crippen molar-refractivity contribution in [2.45, 2.75) is 0 Å². The predicted octanol–water partition coefficient (Wildman–Crippen LogP) is 5.12. The van der Waals surface area contributed by atoms with Gasteiger partial charge in [0.15, 0.2) is 5.15 Å². The van der Waals surface area contributed by atoms with Gasteiger partial charge in [0, 0.05) is 16.3 Å². The second-order valence-corrected chi connectivity index (χ2v) is 5.15. The number of hydrogen-bond donors (Lipinski definition) is 0. The van der Waals surface area contributed by atoms with Crippen LogP contribution in [0, 0.1) is 11.6 Å². The van der Waals surface area contributed by atoms with Gasteiger partial charge in [0.2, 0.25) is 0 Å². The van der Waals surface area contributed by atoms with E-state index >= 15 is 0 Å². The first-order valence-corrected chi connectivity index (χ1v) is 6.76. The van der Waals surface area contributed by atoms with Gasteiger partial charge in [-0.25, -0.2) is 13.8 Å². The Morgan fingerprint density at radius 3 is 2.38 bits per heavy atom. The van der Waals surface area contributed by atoms with Gasteiger partial charge in [0.05, 0.1) is 5.69 Å². The number of aromatic nitrogens is 2. The fourth-order valence-electron chi connectivity index (χ4n) is 2.04. The van der Waals surface area contributed by atoms with E-state index in [4.69, 9.17) is 23.2 Å². The van der Waals surface area contributed by atoms with E-state index in [0.29, 0.717) is 10.7 Å². The highest BCUT2D eigenvalue weighted by Crippen LogP contribution is 2.32. The van der Waals surface area contributed by atoms with Crippen LogP contribution in [0.15, 0.2) is 48.8 Å². The highest BCUT2D eigenvalue weighted by Gasteiger charge is 2.17. The molecule has 0 aliphatic heterocycles. The lowest BCUT2D eigenvalue weighted by molar-refractivity contribution is 0.602. The third kappa shape index (κ3) is 2.64. The summed E-state index contributed by atoms with van der Waals surface area (Å²) in [5.41, 5.74) is 1.03. The molecule has 0 spiro atoms. The summed E-state index contributed by atoms with van der Waals surface area (Å²) < 4.78 is 29.0. The molecule has 0 aliphatic carbocycles. The summed E-state index contributed by atoms with van der Waals surface area (Å²) in [5, 5.41) is 0.665. The lowest BCUT2D eigenvalue weighted by Crippen LogP contribution is -1.97. The van der Waals surface area contributed by atoms with Crippen molar-refractivity contribution in [1.82, 2.24) is 9.55 Å². The van der Waals surface area contributed by atoms with Crippen molar-refractivity contribution in [3.8, 4) is 16.9 Å². The van der Waals surface area contributed by atoms with Gasteiger partial charge in [-0.15, -0.1) is 0 Å². The number of nitrogens with zero attached hydrogens (tertiary/aromatic N) is 2. The summed E-state index contributed by atoms with van der Waals surface area (Å²) in [6, 6.07) is 10.1. The maximum atomic E-state index is 14.0. The summed E-state index contributed by atoms with van der Waals surface area (Å²) in [5.74, 6) is -1.12. The maximum absolute atomic E-state index is 14.0. The highest BCUT2D eigenvalue weighted by atomic mass is 35.5. The lowest BCUT2D eigenvalue weighted by atomic mass is 10.1. The van der Waals surface area contributed by atoms with Gasteiger partial charge in [-0.3, -0.25) is 4.57 Å². The molecule has 1 heterocycles. The fraction of sp³-hybridized carbons (Fsp3) is 0. The van der Waals surface area contributed by atoms with Gasteiger partial charge in [-0.1, -0.05) is 23.2 Å². The molecule has 0 unspecified atom stereocenters. The van der Waals surface area contributed by atoms with Crippen LogP contribution >= 0.6 is 23.2 Å². The summed E-state index contributed by atoms with van der Waals surface area (Å²) in [7, 11) is 0. The van der Waals surface area contributed by atoms with Crippen LogP contribution in [0.25, 0.3) is 16.9 Å². The largest absolute Gasteiger partial charge is 0.297 e. The lowest BCUT2D eigenvalue weighted by Gasteiger charge is -2.10. The van der Waals surface area contributed by atoms with E-state index in [0.717, 1.165) is 18.2 Å². The Balaban J connectivity index is 2.22. The van der Waals surface area contributed by atoms with Crippen LogP contribution in [0.3, 0.4) is 0 Å². The smallest absolute Gasteiger partial charge is 0.155 e. The number of imidazole rings is 1. The van der Waals surface area contributed by atoms with Gasteiger partial charge in [-0.2, -0.15) is 0 Å². The molecule has 21 heavy (non-hydrogen) atoms. The summed E-state index contributed by atoms with van der Waals surface area (Å²) in [4.78, 5) is 3.97. The number of halogens is 4. The number of hydrogen-bond acceptors (Lipinski definition) is 1. The molecule has 0 fully saturated rings. The third-order valence-corrected chi connectivity index (χ3v) is 3.54. The molecule has 0 aliphatic rings. The van der Waals surface area contributed by atoms with E-state index in [-0.39, 0.29) is 16.4 Å². The van der Waals surface area contributed by atoms with Gasteiger partial charge >= 0.3 is 0 Å². The molecule has 0 radical (unpaired) electrons. The Morgan fingerprint density at radius 2 is 1.67 bits per heavy atom. The Morgan fingerprint density at radius 1 is 0.952 bits per heavy atom. The number of benzene rings is 2. The molecule has 3 rings (SSSR count). The maximum Gasteiger partial charge on any atom is 0.155 e. The fourth-order valence-corrected chi connectivity index (χ4v) is 2.41. The monoisotopic (exact) mass is 324 g/mol. The first-order valence-electron chi connectivity index (χ1n) is 6.00. The number of rotatable bonds is 2. The van der Waals surface area contributed by atoms with Gasteiger partial charge in [0.1, 0.15) is 18.0 Å². The second kappa shape index (κ2) is 5.47. The zero-order chi connectivity index (χ0) is 15.0. The van der Waals surface area contributed by atoms with E-state index in [1.54, 1.807) is 28.8 Å². The van der Waals surface area contributed by atoms with Crippen LogP contribution in [0.2, 0.25) is 10.2 Å². The Hall–Kier alpha value is -1.91. The minimum atomic E-state index is -0.575. The molecule has 1 aromatic heterocycles. The van der Waals surface area contributed by atoms with Crippen LogP contribution in [0.4, 0.5) is 8.78 Å². The van der Waals surface area contributed by atoms with Crippen LogP contribution in [0.1, 0.15) is 0 Å². The summed E-state index contributed by atoms with van der Waals surface area (Å²) in [6.07, 6.45) is 1.45.